The molecular formula is C26H28O3. The van der Waals surface area contributed by atoms with Gasteiger partial charge in [0.15, 0.2) is 0 Å². The van der Waals surface area contributed by atoms with Crippen LogP contribution in [0.1, 0.15) is 39.0 Å². The lowest BCUT2D eigenvalue weighted by Gasteiger charge is -2.15. The maximum absolute atomic E-state index is 12.3. The first-order valence-electron chi connectivity index (χ1n) is 10.4. The van der Waals surface area contributed by atoms with E-state index in [0.29, 0.717) is 12.4 Å². The molecule has 0 atom stereocenters. The Morgan fingerprint density at radius 1 is 0.724 bits per heavy atom. The van der Waals surface area contributed by atoms with Crippen molar-refractivity contribution in [2.75, 3.05) is 6.61 Å². The lowest BCUT2D eigenvalue weighted by molar-refractivity contribution is 0.0975. The van der Waals surface area contributed by atoms with E-state index in [1.165, 1.54) is 19.3 Å². The summed E-state index contributed by atoms with van der Waals surface area (Å²) in [5.41, 5.74) is 3.97. The number of ether oxygens (including phenoxy) is 2. The third kappa shape index (κ3) is 5.95. The summed E-state index contributed by atoms with van der Waals surface area (Å²) in [6.45, 7) is 2.57. The molecule has 0 saturated heterocycles. The fourth-order valence-corrected chi connectivity index (χ4v) is 3.36. The third-order valence-electron chi connectivity index (χ3n) is 4.83. The standard InChI is InChI=1S/C26H28O3/c1-2-3-4-5-12-20-28-26(27)29-24-19-13-18-23(21-14-8-6-9-15-21)25(24)22-16-10-7-11-17-22/h6-11,13-19H,2-5,12,20H2,1H3. The van der Waals surface area contributed by atoms with Crippen molar-refractivity contribution in [3.63, 3.8) is 0 Å². The van der Waals surface area contributed by atoms with Crippen molar-refractivity contribution in [1.82, 2.24) is 0 Å². The highest BCUT2D eigenvalue weighted by Gasteiger charge is 2.16. The predicted octanol–water partition coefficient (Wildman–Crippen LogP) is 7.51. The van der Waals surface area contributed by atoms with Gasteiger partial charge >= 0.3 is 6.16 Å². The third-order valence-corrected chi connectivity index (χ3v) is 4.83. The molecule has 0 heterocycles. The summed E-state index contributed by atoms with van der Waals surface area (Å²) in [5, 5.41) is 0. The summed E-state index contributed by atoms with van der Waals surface area (Å²) in [5.74, 6) is 0.508. The van der Waals surface area contributed by atoms with Crippen LogP contribution in [0.2, 0.25) is 0 Å². The Bertz CT molecular complexity index is 888. The van der Waals surface area contributed by atoms with Crippen LogP contribution in [0, 0.1) is 0 Å². The van der Waals surface area contributed by atoms with Crippen LogP contribution in [0.4, 0.5) is 4.79 Å². The number of carbonyl (C=O) groups is 1. The minimum Gasteiger partial charge on any atom is -0.434 e. The Morgan fingerprint density at radius 2 is 1.38 bits per heavy atom. The first-order valence-corrected chi connectivity index (χ1v) is 10.4. The highest BCUT2D eigenvalue weighted by Crippen LogP contribution is 2.39. The van der Waals surface area contributed by atoms with Gasteiger partial charge in [-0.1, -0.05) is 105 Å². The number of unbranched alkanes of at least 4 members (excludes halogenated alkanes) is 4. The van der Waals surface area contributed by atoms with Crippen molar-refractivity contribution >= 4 is 6.16 Å². The van der Waals surface area contributed by atoms with Crippen molar-refractivity contribution in [3.05, 3.63) is 78.9 Å². The van der Waals surface area contributed by atoms with E-state index in [9.17, 15) is 4.79 Å². The Balaban J connectivity index is 1.79. The van der Waals surface area contributed by atoms with Gasteiger partial charge in [0.1, 0.15) is 5.75 Å². The predicted molar refractivity (Wildman–Crippen MR) is 118 cm³/mol. The maximum atomic E-state index is 12.3. The monoisotopic (exact) mass is 388 g/mol. The molecule has 0 fully saturated rings. The number of carbonyl (C=O) groups excluding carboxylic acids is 1. The van der Waals surface area contributed by atoms with E-state index in [1.54, 1.807) is 0 Å². The van der Waals surface area contributed by atoms with Gasteiger partial charge < -0.3 is 9.47 Å². The van der Waals surface area contributed by atoms with Crippen LogP contribution >= 0.6 is 0 Å². The number of hydrogen-bond donors (Lipinski definition) is 0. The highest BCUT2D eigenvalue weighted by atomic mass is 16.7. The summed E-state index contributed by atoms with van der Waals surface area (Å²) in [6.07, 6.45) is 4.87. The molecular weight excluding hydrogens is 360 g/mol. The molecule has 0 spiro atoms. The first kappa shape index (κ1) is 20.7. The molecule has 0 aliphatic carbocycles. The SMILES string of the molecule is CCCCCCCOC(=O)Oc1cccc(-c2ccccc2)c1-c1ccccc1. The molecule has 29 heavy (non-hydrogen) atoms. The summed E-state index contributed by atoms with van der Waals surface area (Å²) in [7, 11) is 0. The minimum atomic E-state index is -0.650. The average molecular weight is 389 g/mol. The summed E-state index contributed by atoms with van der Waals surface area (Å²) >= 11 is 0. The van der Waals surface area contributed by atoms with Crippen LogP contribution in [-0.4, -0.2) is 12.8 Å². The van der Waals surface area contributed by atoms with Gasteiger partial charge in [-0.05, 0) is 29.2 Å². The number of rotatable bonds is 9. The molecule has 0 aliphatic rings. The molecule has 0 N–H and O–H groups in total. The number of hydrogen-bond acceptors (Lipinski definition) is 3. The lowest BCUT2D eigenvalue weighted by atomic mass is 9.94. The zero-order chi connectivity index (χ0) is 20.3. The van der Waals surface area contributed by atoms with Crippen molar-refractivity contribution in [2.45, 2.75) is 39.0 Å². The van der Waals surface area contributed by atoms with Crippen molar-refractivity contribution in [3.8, 4) is 28.0 Å². The largest absolute Gasteiger partial charge is 0.513 e. The van der Waals surface area contributed by atoms with Crippen molar-refractivity contribution < 1.29 is 14.3 Å². The molecule has 3 aromatic rings. The summed E-state index contributed by atoms with van der Waals surface area (Å²) in [4.78, 5) is 12.3. The van der Waals surface area contributed by atoms with Crippen LogP contribution in [0.5, 0.6) is 5.75 Å². The van der Waals surface area contributed by atoms with E-state index in [4.69, 9.17) is 9.47 Å². The fourth-order valence-electron chi connectivity index (χ4n) is 3.36. The van der Waals surface area contributed by atoms with Gasteiger partial charge in [-0.3, -0.25) is 0 Å². The van der Waals surface area contributed by atoms with Gasteiger partial charge in [-0.25, -0.2) is 4.79 Å². The molecule has 3 rings (SSSR count). The molecule has 3 heteroatoms. The molecule has 0 aliphatic heterocycles. The Kier molecular flexibility index (Phi) is 7.88. The van der Waals surface area contributed by atoms with Crippen LogP contribution in [0.25, 0.3) is 22.3 Å². The van der Waals surface area contributed by atoms with E-state index in [2.05, 4.69) is 19.1 Å². The van der Waals surface area contributed by atoms with Crippen LogP contribution in [-0.2, 0) is 4.74 Å². The van der Waals surface area contributed by atoms with Gasteiger partial charge in [0.2, 0.25) is 0 Å². The fraction of sp³-hybridized carbons (Fsp3) is 0.269. The molecule has 3 aromatic carbocycles. The van der Waals surface area contributed by atoms with Crippen LogP contribution < -0.4 is 4.74 Å². The van der Waals surface area contributed by atoms with Gasteiger partial charge in [0.25, 0.3) is 0 Å². The lowest BCUT2D eigenvalue weighted by Crippen LogP contribution is -2.12. The zero-order valence-electron chi connectivity index (χ0n) is 17.0. The van der Waals surface area contributed by atoms with Crippen molar-refractivity contribution in [2.24, 2.45) is 0 Å². The van der Waals surface area contributed by atoms with Gasteiger partial charge in [-0.15, -0.1) is 0 Å². The molecule has 3 nitrogen and oxygen atoms in total. The topological polar surface area (TPSA) is 35.5 Å². The van der Waals surface area contributed by atoms with Gasteiger partial charge in [-0.2, -0.15) is 0 Å². The average Bonchev–Trinajstić information content (AvgIpc) is 2.77. The van der Waals surface area contributed by atoms with E-state index < -0.39 is 6.16 Å². The molecule has 0 saturated carbocycles. The molecule has 0 radical (unpaired) electrons. The van der Waals surface area contributed by atoms with E-state index in [0.717, 1.165) is 35.1 Å². The molecule has 0 aromatic heterocycles. The normalized spacial score (nSPS) is 10.5. The molecule has 0 bridgehead atoms. The smallest absolute Gasteiger partial charge is 0.434 e. The quantitative estimate of drug-likeness (QED) is 0.216. The van der Waals surface area contributed by atoms with E-state index >= 15 is 0 Å². The van der Waals surface area contributed by atoms with Gasteiger partial charge in [0, 0.05) is 5.56 Å². The second-order valence-corrected chi connectivity index (χ2v) is 7.03. The Morgan fingerprint density at radius 3 is 2.07 bits per heavy atom. The Labute approximate surface area is 173 Å². The summed E-state index contributed by atoms with van der Waals surface area (Å²) < 4.78 is 10.9. The molecule has 150 valence electrons. The first-order chi connectivity index (χ1) is 14.3. The molecule has 0 amide bonds. The van der Waals surface area contributed by atoms with E-state index in [1.807, 2.05) is 66.7 Å². The second kappa shape index (κ2) is 11.1. The summed E-state index contributed by atoms with van der Waals surface area (Å²) in [6, 6.07) is 25.9. The second-order valence-electron chi connectivity index (χ2n) is 7.03. The van der Waals surface area contributed by atoms with Crippen molar-refractivity contribution in [1.29, 1.82) is 0 Å². The highest BCUT2D eigenvalue weighted by molar-refractivity contribution is 5.88. The molecule has 0 unspecified atom stereocenters. The van der Waals surface area contributed by atoms with E-state index in [-0.39, 0.29) is 0 Å². The number of benzene rings is 3. The maximum Gasteiger partial charge on any atom is 0.513 e. The minimum absolute atomic E-state index is 0.390. The van der Waals surface area contributed by atoms with Gasteiger partial charge in [0.05, 0.1) is 6.61 Å². The Hall–Kier alpha value is -3.07. The van der Waals surface area contributed by atoms with Crippen LogP contribution in [0.3, 0.4) is 0 Å². The zero-order valence-corrected chi connectivity index (χ0v) is 17.0. The van der Waals surface area contributed by atoms with Crippen LogP contribution in [0.15, 0.2) is 78.9 Å².